The molecule has 0 spiro atoms. The number of carbonyl (C=O) groups excluding carboxylic acids is 3. The van der Waals surface area contributed by atoms with Crippen molar-refractivity contribution in [2.45, 2.75) is 44.3 Å². The number of aliphatic carboxylic acids is 2. The van der Waals surface area contributed by atoms with E-state index in [1.807, 2.05) is 0 Å². The second kappa shape index (κ2) is 12.9. The third kappa shape index (κ3) is 11.8. The predicted molar refractivity (Wildman–Crippen MR) is 100 cm³/mol. The van der Waals surface area contributed by atoms with E-state index in [-0.39, 0.29) is 18.9 Å². The maximum atomic E-state index is 12.0. The van der Waals surface area contributed by atoms with Crippen molar-refractivity contribution in [3.8, 4) is 0 Å². The summed E-state index contributed by atoms with van der Waals surface area (Å²) in [6.45, 7) is 0.900. The van der Waals surface area contributed by atoms with Crippen molar-refractivity contribution in [1.29, 1.82) is 0 Å². The summed E-state index contributed by atoms with van der Waals surface area (Å²) in [5, 5.41) is 24.1. The van der Waals surface area contributed by atoms with Crippen molar-refractivity contribution < 1.29 is 34.2 Å². The van der Waals surface area contributed by atoms with Gasteiger partial charge in [0.25, 0.3) is 0 Å². The molecule has 3 amide bonds. The molecule has 14 nitrogen and oxygen atoms in total. The highest BCUT2D eigenvalue weighted by atomic mass is 16.4. The van der Waals surface area contributed by atoms with Gasteiger partial charge in [0.15, 0.2) is 5.96 Å². The molecular formula is C15H27N7O7. The van der Waals surface area contributed by atoms with Crippen LogP contribution in [0.3, 0.4) is 0 Å². The first-order valence-corrected chi connectivity index (χ1v) is 8.57. The van der Waals surface area contributed by atoms with Crippen LogP contribution >= 0.6 is 0 Å². The zero-order valence-electron chi connectivity index (χ0n) is 15.9. The van der Waals surface area contributed by atoms with Crippen LogP contribution in [0, 0.1) is 0 Å². The summed E-state index contributed by atoms with van der Waals surface area (Å²) in [6.07, 6.45) is -0.0924. The van der Waals surface area contributed by atoms with Gasteiger partial charge < -0.3 is 43.4 Å². The zero-order chi connectivity index (χ0) is 22.6. The number of nitrogens with two attached hydrogens (primary N) is 3. The number of amides is 3. The van der Waals surface area contributed by atoms with Gasteiger partial charge in [-0.05, 0) is 19.8 Å². The molecule has 0 radical (unpaired) electrons. The Morgan fingerprint density at radius 3 is 2.17 bits per heavy atom. The minimum atomic E-state index is -1.52. The Bertz CT molecular complexity index is 649. The molecule has 0 aromatic heterocycles. The quantitative estimate of drug-likeness (QED) is 0.0819. The second-order valence-corrected chi connectivity index (χ2v) is 6.06. The summed E-state index contributed by atoms with van der Waals surface area (Å²) < 4.78 is 0. The molecule has 11 N–H and O–H groups in total. The summed E-state index contributed by atoms with van der Waals surface area (Å²) >= 11 is 0. The first kappa shape index (κ1) is 25.6. The Morgan fingerprint density at radius 1 is 1.03 bits per heavy atom. The topological polar surface area (TPSA) is 252 Å². The van der Waals surface area contributed by atoms with E-state index in [2.05, 4.69) is 20.9 Å². The Kier molecular flexibility index (Phi) is 11.4. The molecule has 0 aliphatic rings. The van der Waals surface area contributed by atoms with Crippen molar-refractivity contribution in [2.24, 2.45) is 22.2 Å². The summed E-state index contributed by atoms with van der Waals surface area (Å²) in [7, 11) is 0. The Balaban J connectivity index is 4.57. The lowest BCUT2D eigenvalue weighted by molar-refractivity contribution is -0.143. The van der Waals surface area contributed by atoms with Gasteiger partial charge in [-0.3, -0.25) is 29.0 Å². The minimum Gasteiger partial charge on any atom is -0.481 e. The van der Waals surface area contributed by atoms with Crippen LogP contribution in [0.15, 0.2) is 4.99 Å². The van der Waals surface area contributed by atoms with Crippen LogP contribution in [-0.4, -0.2) is 77.0 Å². The SMILES string of the molecule is C[C@@H](NC(=O)[C@H](CC(=O)O)NC(=O)CNC(=O)[C@@H](N)CCCN=C(N)N)C(=O)O. The molecule has 0 aliphatic heterocycles. The van der Waals surface area contributed by atoms with Gasteiger partial charge in [-0.2, -0.15) is 0 Å². The molecular weight excluding hydrogens is 390 g/mol. The largest absolute Gasteiger partial charge is 0.481 e. The van der Waals surface area contributed by atoms with E-state index in [4.69, 9.17) is 27.4 Å². The summed E-state index contributed by atoms with van der Waals surface area (Å²) in [5.41, 5.74) is 16.0. The molecule has 0 aliphatic carbocycles. The minimum absolute atomic E-state index is 0.0857. The van der Waals surface area contributed by atoms with Gasteiger partial charge in [-0.1, -0.05) is 0 Å². The lowest BCUT2D eigenvalue weighted by Crippen LogP contribution is -2.53. The smallest absolute Gasteiger partial charge is 0.325 e. The van der Waals surface area contributed by atoms with Crippen LogP contribution in [0.4, 0.5) is 0 Å². The molecule has 0 aromatic carbocycles. The number of aliphatic imine (C=N–C) groups is 1. The van der Waals surface area contributed by atoms with Crippen LogP contribution in [0.25, 0.3) is 0 Å². The fourth-order valence-corrected chi connectivity index (χ4v) is 1.95. The summed E-state index contributed by atoms with van der Waals surface area (Å²) in [4.78, 5) is 61.1. The van der Waals surface area contributed by atoms with E-state index in [1.165, 1.54) is 6.92 Å². The van der Waals surface area contributed by atoms with Gasteiger partial charge >= 0.3 is 11.9 Å². The second-order valence-electron chi connectivity index (χ2n) is 6.06. The number of carbonyl (C=O) groups is 5. The molecule has 0 heterocycles. The van der Waals surface area contributed by atoms with Crippen LogP contribution in [-0.2, 0) is 24.0 Å². The molecule has 0 unspecified atom stereocenters. The Morgan fingerprint density at radius 2 is 1.66 bits per heavy atom. The number of guanidine groups is 1. The van der Waals surface area contributed by atoms with Gasteiger partial charge in [0.2, 0.25) is 17.7 Å². The van der Waals surface area contributed by atoms with E-state index in [9.17, 15) is 24.0 Å². The van der Waals surface area contributed by atoms with E-state index in [0.717, 1.165) is 0 Å². The molecule has 3 atom stereocenters. The Labute approximate surface area is 166 Å². The molecule has 0 saturated heterocycles. The predicted octanol–water partition coefficient (Wildman–Crippen LogP) is -3.97. The summed E-state index contributed by atoms with van der Waals surface area (Å²) in [6, 6.07) is -3.73. The number of nitrogens with zero attached hydrogens (tertiary/aromatic N) is 1. The van der Waals surface area contributed by atoms with E-state index in [1.54, 1.807) is 0 Å². The van der Waals surface area contributed by atoms with Crippen molar-refractivity contribution >= 4 is 35.6 Å². The van der Waals surface area contributed by atoms with Crippen LogP contribution in [0.2, 0.25) is 0 Å². The standard InChI is InChI=1S/C15H27N7O7/c1-7(14(28)29)21-13(27)9(5-11(24)25)22-10(23)6-20-12(26)8(16)3-2-4-19-15(17)18/h7-9H,2-6,16H2,1H3,(H,20,26)(H,21,27)(H,22,23)(H,24,25)(H,28,29)(H4,17,18,19)/t7-,8+,9+/m1/s1. The average molecular weight is 417 g/mol. The number of hydrogen-bond donors (Lipinski definition) is 8. The lowest BCUT2D eigenvalue weighted by Gasteiger charge is -2.19. The highest BCUT2D eigenvalue weighted by Gasteiger charge is 2.26. The van der Waals surface area contributed by atoms with Crippen molar-refractivity contribution in [3.05, 3.63) is 0 Å². The van der Waals surface area contributed by atoms with Crippen LogP contribution < -0.4 is 33.2 Å². The monoisotopic (exact) mass is 417 g/mol. The summed E-state index contributed by atoms with van der Waals surface area (Å²) in [5.74, 6) is -5.28. The number of hydrogen-bond acceptors (Lipinski definition) is 7. The molecule has 14 heteroatoms. The van der Waals surface area contributed by atoms with Gasteiger partial charge in [0, 0.05) is 6.54 Å². The Hall–Kier alpha value is -3.42. The highest BCUT2D eigenvalue weighted by Crippen LogP contribution is 1.97. The highest BCUT2D eigenvalue weighted by molar-refractivity contribution is 5.94. The van der Waals surface area contributed by atoms with Crippen LogP contribution in [0.1, 0.15) is 26.2 Å². The van der Waals surface area contributed by atoms with E-state index >= 15 is 0 Å². The van der Waals surface area contributed by atoms with Gasteiger partial charge in [0.1, 0.15) is 12.1 Å². The van der Waals surface area contributed by atoms with Gasteiger partial charge in [-0.25, -0.2) is 0 Å². The molecule has 0 aromatic rings. The van der Waals surface area contributed by atoms with E-state index in [0.29, 0.717) is 6.42 Å². The fourth-order valence-electron chi connectivity index (χ4n) is 1.95. The van der Waals surface area contributed by atoms with E-state index < -0.39 is 60.8 Å². The fraction of sp³-hybridized carbons (Fsp3) is 0.600. The number of carboxylic acid groups (broad SMARTS) is 2. The van der Waals surface area contributed by atoms with Crippen molar-refractivity contribution in [1.82, 2.24) is 16.0 Å². The third-order valence-corrected chi connectivity index (χ3v) is 3.49. The van der Waals surface area contributed by atoms with Crippen molar-refractivity contribution in [3.63, 3.8) is 0 Å². The third-order valence-electron chi connectivity index (χ3n) is 3.49. The van der Waals surface area contributed by atoms with Crippen LogP contribution in [0.5, 0.6) is 0 Å². The first-order chi connectivity index (χ1) is 13.4. The van der Waals surface area contributed by atoms with Gasteiger partial charge in [-0.15, -0.1) is 0 Å². The molecule has 0 rings (SSSR count). The van der Waals surface area contributed by atoms with Gasteiger partial charge in [0.05, 0.1) is 19.0 Å². The number of nitrogens with one attached hydrogen (secondary N) is 3. The number of rotatable bonds is 13. The zero-order valence-corrected chi connectivity index (χ0v) is 15.9. The number of carboxylic acids is 2. The molecule has 0 saturated carbocycles. The molecule has 0 fully saturated rings. The first-order valence-electron chi connectivity index (χ1n) is 8.57. The molecule has 164 valence electrons. The maximum Gasteiger partial charge on any atom is 0.325 e. The normalized spacial score (nSPS) is 13.3. The molecule has 29 heavy (non-hydrogen) atoms. The maximum absolute atomic E-state index is 12.0. The van der Waals surface area contributed by atoms with Crippen molar-refractivity contribution in [2.75, 3.05) is 13.1 Å². The lowest BCUT2D eigenvalue weighted by atomic mass is 10.1. The molecule has 0 bridgehead atoms. The average Bonchev–Trinajstić information content (AvgIpc) is 2.61.